The van der Waals surface area contributed by atoms with Gasteiger partial charge in [-0.15, -0.1) is 11.6 Å². The first kappa shape index (κ1) is 20.6. The molecule has 1 heterocycles. The largest absolute Gasteiger partial charge is 0.323 e. The fourth-order valence-corrected chi connectivity index (χ4v) is 3.50. The van der Waals surface area contributed by atoms with Crippen LogP contribution in [-0.2, 0) is 0 Å². The molecule has 2 amide bonds. The summed E-state index contributed by atoms with van der Waals surface area (Å²) >= 11 is 5.71. The first-order valence-electron chi connectivity index (χ1n) is 9.89. The van der Waals surface area contributed by atoms with Crippen molar-refractivity contribution in [3.05, 3.63) is 0 Å². The Bertz CT molecular complexity index is 299. The molecule has 0 saturated carbocycles. The number of carbonyl (C=O) groups is 1. The molecule has 0 radical (unpaired) electrons. The molecule has 0 aromatic carbocycles. The standard InChI is InChI=1S/C19H37ClN2O/c1-2-3-4-5-6-7-8-9-10-11-12-13-15-21-17-18-22(16-14-20)19(21)23/h2-18H2,1H3. The summed E-state index contributed by atoms with van der Waals surface area (Å²) in [4.78, 5) is 15.9. The maximum absolute atomic E-state index is 12.0. The van der Waals surface area contributed by atoms with Gasteiger partial charge in [-0.3, -0.25) is 0 Å². The van der Waals surface area contributed by atoms with Crippen LogP contribution in [0.4, 0.5) is 4.79 Å². The fraction of sp³-hybridized carbons (Fsp3) is 0.947. The van der Waals surface area contributed by atoms with Crippen LogP contribution in [0.1, 0.15) is 84.0 Å². The molecule has 4 heteroatoms. The Labute approximate surface area is 148 Å². The zero-order chi connectivity index (χ0) is 16.8. The van der Waals surface area contributed by atoms with E-state index in [1.807, 2.05) is 9.80 Å². The topological polar surface area (TPSA) is 23.6 Å². The molecule has 0 bridgehead atoms. The average molecular weight is 345 g/mol. The Kier molecular flexibility index (Phi) is 12.5. The van der Waals surface area contributed by atoms with Crippen LogP contribution in [0.3, 0.4) is 0 Å². The van der Waals surface area contributed by atoms with Gasteiger partial charge in [-0.2, -0.15) is 0 Å². The van der Waals surface area contributed by atoms with E-state index >= 15 is 0 Å². The first-order chi connectivity index (χ1) is 11.3. The lowest BCUT2D eigenvalue weighted by Crippen LogP contribution is -2.33. The Hall–Kier alpha value is -0.440. The molecule has 0 unspecified atom stereocenters. The predicted molar refractivity (Wildman–Crippen MR) is 100 cm³/mol. The van der Waals surface area contributed by atoms with Crippen molar-refractivity contribution in [1.82, 2.24) is 9.80 Å². The third kappa shape index (κ3) is 9.44. The highest BCUT2D eigenvalue weighted by molar-refractivity contribution is 6.18. The molecule has 3 nitrogen and oxygen atoms in total. The Morgan fingerprint density at radius 2 is 1.17 bits per heavy atom. The normalized spacial score (nSPS) is 15.0. The highest BCUT2D eigenvalue weighted by Crippen LogP contribution is 2.13. The van der Waals surface area contributed by atoms with Gasteiger partial charge in [0.15, 0.2) is 0 Å². The van der Waals surface area contributed by atoms with E-state index in [1.54, 1.807) is 0 Å². The maximum Gasteiger partial charge on any atom is 0.320 e. The number of hydrogen-bond donors (Lipinski definition) is 0. The molecule has 0 aromatic heterocycles. The molecule has 1 saturated heterocycles. The van der Waals surface area contributed by atoms with Crippen molar-refractivity contribution in [2.75, 3.05) is 32.1 Å². The summed E-state index contributed by atoms with van der Waals surface area (Å²) in [6, 6.07) is 0.189. The van der Waals surface area contributed by atoms with Crippen LogP contribution in [0, 0.1) is 0 Å². The minimum absolute atomic E-state index is 0.189. The Balaban J connectivity index is 1.84. The summed E-state index contributed by atoms with van der Waals surface area (Å²) in [7, 11) is 0. The molecular weight excluding hydrogens is 308 g/mol. The van der Waals surface area contributed by atoms with E-state index in [2.05, 4.69) is 6.92 Å². The van der Waals surface area contributed by atoms with Crippen LogP contribution in [-0.4, -0.2) is 47.9 Å². The number of unbranched alkanes of at least 4 members (excludes halogenated alkanes) is 11. The minimum atomic E-state index is 0.189. The molecule has 0 aliphatic carbocycles. The van der Waals surface area contributed by atoms with Crippen LogP contribution in [0.2, 0.25) is 0 Å². The second kappa shape index (κ2) is 13.9. The third-order valence-electron chi connectivity index (χ3n) is 4.82. The minimum Gasteiger partial charge on any atom is -0.323 e. The lowest BCUT2D eigenvalue weighted by atomic mass is 10.1. The van der Waals surface area contributed by atoms with Gasteiger partial charge in [0.05, 0.1) is 0 Å². The molecule has 0 spiro atoms. The molecular formula is C19H37ClN2O. The quantitative estimate of drug-likeness (QED) is 0.277. The SMILES string of the molecule is CCCCCCCCCCCCCCN1CCN(CCCl)C1=O. The Morgan fingerprint density at radius 1 is 0.739 bits per heavy atom. The van der Waals surface area contributed by atoms with E-state index in [0.29, 0.717) is 12.4 Å². The van der Waals surface area contributed by atoms with Gasteiger partial charge in [-0.25, -0.2) is 4.79 Å². The molecule has 1 aliphatic heterocycles. The number of nitrogens with zero attached hydrogens (tertiary/aromatic N) is 2. The zero-order valence-corrected chi connectivity index (χ0v) is 16.0. The van der Waals surface area contributed by atoms with E-state index in [1.165, 1.54) is 70.6 Å². The smallest absolute Gasteiger partial charge is 0.320 e. The molecule has 1 aliphatic rings. The summed E-state index contributed by atoms with van der Waals surface area (Å²) in [5, 5.41) is 0. The fourth-order valence-electron chi connectivity index (χ4n) is 3.29. The molecule has 23 heavy (non-hydrogen) atoms. The average Bonchev–Trinajstić information content (AvgIpc) is 2.89. The van der Waals surface area contributed by atoms with Gasteiger partial charge in [0.25, 0.3) is 0 Å². The number of alkyl halides is 1. The van der Waals surface area contributed by atoms with Crippen LogP contribution in [0.15, 0.2) is 0 Å². The second-order valence-electron chi connectivity index (χ2n) is 6.83. The highest BCUT2D eigenvalue weighted by Gasteiger charge is 2.26. The molecule has 1 rings (SSSR count). The summed E-state index contributed by atoms with van der Waals surface area (Å²) < 4.78 is 0. The third-order valence-corrected chi connectivity index (χ3v) is 4.99. The summed E-state index contributed by atoms with van der Waals surface area (Å²) in [6.45, 7) is 5.62. The maximum atomic E-state index is 12.0. The van der Waals surface area contributed by atoms with Crippen molar-refractivity contribution >= 4 is 17.6 Å². The van der Waals surface area contributed by atoms with Gasteiger partial charge in [-0.05, 0) is 6.42 Å². The second-order valence-corrected chi connectivity index (χ2v) is 7.21. The van der Waals surface area contributed by atoms with Gasteiger partial charge in [0, 0.05) is 32.1 Å². The van der Waals surface area contributed by atoms with Gasteiger partial charge in [0.2, 0.25) is 0 Å². The predicted octanol–water partition coefficient (Wildman–Crippen LogP) is 5.66. The number of carbonyl (C=O) groups excluding carboxylic acids is 1. The van der Waals surface area contributed by atoms with E-state index in [9.17, 15) is 4.79 Å². The summed E-state index contributed by atoms with van der Waals surface area (Å²) in [5.41, 5.74) is 0. The molecule has 1 fully saturated rings. The van der Waals surface area contributed by atoms with Gasteiger partial charge >= 0.3 is 6.03 Å². The molecule has 0 N–H and O–H groups in total. The van der Waals surface area contributed by atoms with Crippen LogP contribution >= 0.6 is 11.6 Å². The molecule has 136 valence electrons. The first-order valence-corrected chi connectivity index (χ1v) is 10.4. The lowest BCUT2D eigenvalue weighted by molar-refractivity contribution is 0.193. The van der Waals surface area contributed by atoms with Gasteiger partial charge in [-0.1, -0.05) is 77.6 Å². The highest BCUT2D eigenvalue weighted by atomic mass is 35.5. The number of hydrogen-bond acceptors (Lipinski definition) is 1. The number of rotatable bonds is 15. The monoisotopic (exact) mass is 344 g/mol. The van der Waals surface area contributed by atoms with Gasteiger partial charge in [0.1, 0.15) is 0 Å². The lowest BCUT2D eigenvalue weighted by Gasteiger charge is -2.17. The summed E-state index contributed by atoms with van der Waals surface area (Å²) in [6.07, 6.45) is 16.3. The molecule has 0 atom stereocenters. The van der Waals surface area contributed by atoms with Crippen molar-refractivity contribution in [1.29, 1.82) is 0 Å². The van der Waals surface area contributed by atoms with Crippen molar-refractivity contribution in [2.45, 2.75) is 84.0 Å². The van der Waals surface area contributed by atoms with Gasteiger partial charge < -0.3 is 9.80 Å². The van der Waals surface area contributed by atoms with E-state index in [4.69, 9.17) is 11.6 Å². The number of amides is 2. The van der Waals surface area contributed by atoms with Crippen LogP contribution < -0.4 is 0 Å². The van der Waals surface area contributed by atoms with E-state index in [-0.39, 0.29) is 6.03 Å². The van der Waals surface area contributed by atoms with Crippen molar-refractivity contribution < 1.29 is 4.79 Å². The number of halogens is 1. The van der Waals surface area contributed by atoms with E-state index < -0.39 is 0 Å². The molecule has 0 aromatic rings. The van der Waals surface area contributed by atoms with Crippen molar-refractivity contribution in [2.24, 2.45) is 0 Å². The summed E-state index contributed by atoms with van der Waals surface area (Å²) in [5.74, 6) is 0.540. The van der Waals surface area contributed by atoms with E-state index in [0.717, 1.165) is 26.1 Å². The zero-order valence-electron chi connectivity index (χ0n) is 15.2. The number of urea groups is 1. The van der Waals surface area contributed by atoms with Crippen molar-refractivity contribution in [3.8, 4) is 0 Å². The van der Waals surface area contributed by atoms with Crippen molar-refractivity contribution in [3.63, 3.8) is 0 Å². The Morgan fingerprint density at radius 3 is 1.65 bits per heavy atom. The van der Waals surface area contributed by atoms with Crippen LogP contribution in [0.25, 0.3) is 0 Å². The van der Waals surface area contributed by atoms with Crippen LogP contribution in [0.5, 0.6) is 0 Å².